The van der Waals surface area contributed by atoms with Gasteiger partial charge in [0.05, 0.1) is 0 Å². The van der Waals surface area contributed by atoms with E-state index in [1.54, 1.807) is 0 Å². The van der Waals surface area contributed by atoms with Crippen LogP contribution in [0.15, 0.2) is 12.7 Å². The molecule has 0 bridgehead atoms. The second kappa shape index (κ2) is 6.32. The number of halogens is 8. The Morgan fingerprint density at radius 1 is 1.00 bits per heavy atom. The summed E-state index contributed by atoms with van der Waals surface area (Å²) in [7, 11) is 0. The number of rotatable bonds is 6. The molecular weight excluding hydrogens is 304 g/mol. The van der Waals surface area contributed by atoms with E-state index in [-0.39, 0.29) is 6.42 Å². The van der Waals surface area contributed by atoms with Gasteiger partial charge in [-0.05, 0) is 12.8 Å². The molecule has 2 unspecified atom stereocenters. The maximum Gasteiger partial charge on any atom is 0.431 e. The highest BCUT2D eigenvalue weighted by Gasteiger charge is 2.72. The average Bonchev–Trinajstić information content (AvgIpc) is 2.20. The summed E-state index contributed by atoms with van der Waals surface area (Å²) in [5, 5.41) is 0. The molecule has 0 spiro atoms. The van der Waals surface area contributed by atoms with Crippen LogP contribution in [0.25, 0.3) is 0 Å². The molecule has 0 fully saturated rings. The van der Waals surface area contributed by atoms with E-state index in [2.05, 4.69) is 19.2 Å². The molecule has 0 heterocycles. The van der Waals surface area contributed by atoms with Crippen molar-refractivity contribution in [2.45, 2.75) is 42.8 Å². The molecule has 0 N–H and O–H groups in total. The Labute approximate surface area is 110 Å². The Balaban J connectivity index is 5.25. The minimum absolute atomic E-state index is 0.0442. The van der Waals surface area contributed by atoms with E-state index in [0.29, 0.717) is 0 Å². The summed E-state index contributed by atoms with van der Waals surface area (Å²) in [5.41, 5.74) is -7.74. The van der Waals surface area contributed by atoms with E-state index < -0.39 is 42.3 Å². The predicted octanol–water partition coefficient (Wildman–Crippen LogP) is 5.02. The van der Waals surface area contributed by atoms with Crippen molar-refractivity contribution >= 4 is 12.6 Å². The number of thiol groups is 1. The van der Waals surface area contributed by atoms with E-state index in [4.69, 9.17) is 0 Å². The first-order valence-corrected chi connectivity index (χ1v) is 5.64. The van der Waals surface area contributed by atoms with Gasteiger partial charge in [0.25, 0.3) is 5.67 Å². The minimum atomic E-state index is -6.17. The van der Waals surface area contributed by atoms with Crippen molar-refractivity contribution in [2.75, 3.05) is 0 Å². The van der Waals surface area contributed by atoms with Gasteiger partial charge in [-0.2, -0.15) is 26.3 Å². The highest BCUT2D eigenvalue weighted by atomic mass is 32.1. The lowest BCUT2D eigenvalue weighted by Gasteiger charge is -2.33. The molecule has 2 atom stereocenters. The third kappa shape index (κ3) is 4.54. The topological polar surface area (TPSA) is 0 Å². The molecule has 0 rings (SSSR count). The Morgan fingerprint density at radius 3 is 1.68 bits per heavy atom. The third-order valence-corrected chi connectivity index (χ3v) is 2.99. The molecule has 9 heteroatoms. The molecule has 0 aromatic rings. The van der Waals surface area contributed by atoms with Crippen molar-refractivity contribution in [3.05, 3.63) is 12.7 Å². The van der Waals surface area contributed by atoms with Crippen LogP contribution in [0.4, 0.5) is 35.1 Å². The highest BCUT2D eigenvalue weighted by Crippen LogP contribution is 2.50. The van der Waals surface area contributed by atoms with Gasteiger partial charge in [-0.3, -0.25) is 0 Å². The zero-order valence-electron chi connectivity index (χ0n) is 9.53. The first-order chi connectivity index (χ1) is 8.37. The maximum atomic E-state index is 13.4. The molecular formula is C10H12F8S. The standard InChI is InChI=1S/C10H12F8S/c1-2-3-4-6(7(11)19)5-8(12,9(13,14)15)10(16,17)18/h2,6-7,19H,1,3-5H2. The van der Waals surface area contributed by atoms with Crippen LogP contribution in [0, 0.1) is 5.92 Å². The van der Waals surface area contributed by atoms with Crippen molar-refractivity contribution < 1.29 is 35.1 Å². The monoisotopic (exact) mass is 316 g/mol. The summed E-state index contributed by atoms with van der Waals surface area (Å²) in [6.45, 7) is 3.20. The van der Waals surface area contributed by atoms with Crippen LogP contribution in [0.2, 0.25) is 0 Å². The first-order valence-electron chi connectivity index (χ1n) is 5.12. The highest BCUT2D eigenvalue weighted by molar-refractivity contribution is 7.80. The van der Waals surface area contributed by atoms with Gasteiger partial charge in [0.1, 0.15) is 5.50 Å². The van der Waals surface area contributed by atoms with Crippen LogP contribution < -0.4 is 0 Å². The summed E-state index contributed by atoms with van der Waals surface area (Å²) in [6, 6.07) is 0. The lowest BCUT2D eigenvalue weighted by atomic mass is 9.88. The van der Waals surface area contributed by atoms with Crippen molar-refractivity contribution in [2.24, 2.45) is 5.92 Å². The van der Waals surface area contributed by atoms with Gasteiger partial charge in [0, 0.05) is 12.3 Å². The normalized spacial score (nSPS) is 17.1. The summed E-state index contributed by atoms with van der Waals surface area (Å²) < 4.78 is 100.0. The Kier molecular flexibility index (Phi) is 6.16. The summed E-state index contributed by atoms with van der Waals surface area (Å²) in [6.07, 6.45) is -13.7. The summed E-state index contributed by atoms with van der Waals surface area (Å²) in [5.74, 6) is -1.82. The lowest BCUT2D eigenvalue weighted by Crippen LogP contribution is -2.54. The number of hydrogen-bond donors (Lipinski definition) is 1. The minimum Gasteiger partial charge on any atom is -0.236 e. The number of allylic oxidation sites excluding steroid dienone is 1. The average molecular weight is 316 g/mol. The zero-order chi connectivity index (χ0) is 15.5. The van der Waals surface area contributed by atoms with Crippen LogP contribution in [-0.2, 0) is 0 Å². The predicted molar refractivity (Wildman–Crippen MR) is 57.4 cm³/mol. The molecule has 0 radical (unpaired) electrons. The fourth-order valence-electron chi connectivity index (χ4n) is 1.42. The molecule has 19 heavy (non-hydrogen) atoms. The first kappa shape index (κ1) is 18.5. The van der Waals surface area contributed by atoms with Crippen molar-refractivity contribution in [3.63, 3.8) is 0 Å². The van der Waals surface area contributed by atoms with E-state index in [0.717, 1.165) is 0 Å². The van der Waals surface area contributed by atoms with Gasteiger partial charge in [0.2, 0.25) is 0 Å². The SMILES string of the molecule is C=CCCC(CC(F)(C(F)(F)F)C(F)(F)F)C(F)S. The molecule has 0 nitrogen and oxygen atoms in total. The largest absolute Gasteiger partial charge is 0.431 e. The maximum absolute atomic E-state index is 13.4. The van der Waals surface area contributed by atoms with Gasteiger partial charge < -0.3 is 0 Å². The van der Waals surface area contributed by atoms with Gasteiger partial charge in [-0.1, -0.05) is 6.08 Å². The van der Waals surface area contributed by atoms with Gasteiger partial charge in [-0.15, -0.1) is 19.2 Å². The quantitative estimate of drug-likeness (QED) is 0.397. The van der Waals surface area contributed by atoms with Crippen LogP contribution in [0.5, 0.6) is 0 Å². The molecule has 0 saturated heterocycles. The Hall–Kier alpha value is -0.470. The molecule has 0 aliphatic heterocycles. The van der Waals surface area contributed by atoms with Crippen LogP contribution in [0.3, 0.4) is 0 Å². The lowest BCUT2D eigenvalue weighted by molar-refractivity contribution is -0.346. The Morgan fingerprint density at radius 2 is 1.42 bits per heavy atom. The van der Waals surface area contributed by atoms with Crippen LogP contribution in [0.1, 0.15) is 19.3 Å². The second-order valence-electron chi connectivity index (χ2n) is 4.00. The Bertz CT molecular complexity index is 279. The molecule has 0 aliphatic rings. The van der Waals surface area contributed by atoms with Gasteiger partial charge >= 0.3 is 12.4 Å². The van der Waals surface area contributed by atoms with E-state index in [1.165, 1.54) is 6.08 Å². The molecule has 0 aliphatic carbocycles. The van der Waals surface area contributed by atoms with Crippen molar-refractivity contribution in [1.82, 2.24) is 0 Å². The van der Waals surface area contributed by atoms with Crippen LogP contribution >= 0.6 is 12.6 Å². The number of hydrogen-bond acceptors (Lipinski definition) is 1. The van der Waals surface area contributed by atoms with E-state index in [1.807, 2.05) is 0 Å². The molecule has 0 saturated carbocycles. The fraction of sp³-hybridized carbons (Fsp3) is 0.800. The van der Waals surface area contributed by atoms with E-state index >= 15 is 0 Å². The van der Waals surface area contributed by atoms with Gasteiger partial charge in [-0.25, -0.2) is 8.78 Å². The molecule has 0 aromatic heterocycles. The van der Waals surface area contributed by atoms with E-state index in [9.17, 15) is 35.1 Å². The third-order valence-electron chi connectivity index (χ3n) is 2.57. The molecule has 114 valence electrons. The fourth-order valence-corrected chi connectivity index (χ4v) is 1.68. The zero-order valence-corrected chi connectivity index (χ0v) is 10.4. The van der Waals surface area contributed by atoms with Crippen molar-refractivity contribution in [3.8, 4) is 0 Å². The van der Waals surface area contributed by atoms with Crippen LogP contribution in [-0.4, -0.2) is 23.5 Å². The molecule has 0 aromatic carbocycles. The number of alkyl halides is 8. The summed E-state index contributed by atoms with van der Waals surface area (Å²) >= 11 is 3.17. The second-order valence-corrected chi connectivity index (χ2v) is 4.49. The van der Waals surface area contributed by atoms with Gasteiger partial charge in [0.15, 0.2) is 0 Å². The smallest absolute Gasteiger partial charge is 0.236 e. The van der Waals surface area contributed by atoms with Crippen molar-refractivity contribution in [1.29, 1.82) is 0 Å². The molecule has 0 amide bonds. The summed E-state index contributed by atoms with van der Waals surface area (Å²) in [4.78, 5) is 0.